The van der Waals surface area contributed by atoms with Crippen molar-refractivity contribution in [3.05, 3.63) is 59.7 Å². The summed E-state index contributed by atoms with van der Waals surface area (Å²) in [5, 5.41) is 36.3. The number of aromatic hydroxyl groups is 2. The van der Waals surface area contributed by atoms with Gasteiger partial charge in [0.1, 0.15) is 29.6 Å². The van der Waals surface area contributed by atoms with Crippen LogP contribution in [-0.2, 0) is 32.0 Å². The van der Waals surface area contributed by atoms with E-state index in [-0.39, 0.29) is 49.8 Å². The van der Waals surface area contributed by atoms with Crippen molar-refractivity contribution in [2.24, 2.45) is 22.2 Å². The third kappa shape index (κ3) is 10.9. The highest BCUT2D eigenvalue weighted by atomic mass is 16.4. The highest BCUT2D eigenvalue weighted by Crippen LogP contribution is 2.14. The maximum atomic E-state index is 13.3. The van der Waals surface area contributed by atoms with Crippen molar-refractivity contribution in [1.29, 1.82) is 0 Å². The van der Waals surface area contributed by atoms with Crippen LogP contribution in [0, 0.1) is 0 Å². The lowest BCUT2D eigenvalue weighted by atomic mass is 10.0. The first-order chi connectivity index (χ1) is 19.0. The van der Waals surface area contributed by atoms with Crippen molar-refractivity contribution >= 4 is 29.7 Å². The van der Waals surface area contributed by atoms with E-state index in [4.69, 9.17) is 17.2 Å². The minimum absolute atomic E-state index is 0.000961. The predicted molar refractivity (Wildman–Crippen MR) is 146 cm³/mol. The Kier molecular flexibility index (Phi) is 12.2. The summed E-state index contributed by atoms with van der Waals surface area (Å²) in [6.07, 6.45) is 0.319. The van der Waals surface area contributed by atoms with Crippen molar-refractivity contribution in [3.8, 4) is 11.5 Å². The van der Waals surface area contributed by atoms with Crippen LogP contribution in [0.25, 0.3) is 0 Å². The smallest absolute Gasteiger partial charge is 0.326 e. The number of carbonyl (C=O) groups excluding carboxylic acids is 3. The van der Waals surface area contributed by atoms with Crippen molar-refractivity contribution in [2.75, 3.05) is 13.1 Å². The maximum Gasteiger partial charge on any atom is 0.326 e. The van der Waals surface area contributed by atoms with E-state index in [2.05, 4.69) is 20.9 Å². The van der Waals surface area contributed by atoms with Gasteiger partial charge in [-0.2, -0.15) is 0 Å². The molecule has 0 bridgehead atoms. The molecule has 2 rings (SSSR count). The second-order valence-corrected chi connectivity index (χ2v) is 8.97. The summed E-state index contributed by atoms with van der Waals surface area (Å²) < 4.78 is 0. The number of aliphatic carboxylic acids is 1. The van der Waals surface area contributed by atoms with Gasteiger partial charge in [0.15, 0.2) is 5.96 Å². The number of nitrogens with two attached hydrogens (primary N) is 3. The molecule has 0 fully saturated rings. The van der Waals surface area contributed by atoms with Crippen LogP contribution in [0.1, 0.15) is 24.0 Å². The molecule has 0 radical (unpaired) electrons. The Morgan fingerprint density at radius 2 is 1.23 bits per heavy atom. The van der Waals surface area contributed by atoms with Crippen LogP contribution in [-0.4, -0.2) is 76.2 Å². The third-order valence-corrected chi connectivity index (χ3v) is 5.78. The molecule has 0 spiro atoms. The molecular formula is C26H35N7O7. The summed E-state index contributed by atoms with van der Waals surface area (Å²) in [6, 6.07) is 8.10. The number of rotatable bonds is 15. The predicted octanol–water partition coefficient (Wildman–Crippen LogP) is -1.57. The number of hydrogen-bond donors (Lipinski definition) is 9. The summed E-state index contributed by atoms with van der Waals surface area (Å²) >= 11 is 0. The number of hydrogen-bond acceptors (Lipinski definition) is 8. The quantitative estimate of drug-likeness (QED) is 0.0690. The van der Waals surface area contributed by atoms with E-state index in [0.717, 1.165) is 0 Å². The first-order valence-electron chi connectivity index (χ1n) is 12.4. The number of benzene rings is 2. The Hall–Kier alpha value is -4.85. The number of amides is 3. The van der Waals surface area contributed by atoms with Gasteiger partial charge < -0.3 is 48.5 Å². The zero-order valence-corrected chi connectivity index (χ0v) is 21.7. The second-order valence-electron chi connectivity index (χ2n) is 8.97. The minimum atomic E-state index is -1.34. The van der Waals surface area contributed by atoms with Crippen molar-refractivity contribution in [3.63, 3.8) is 0 Å². The first kappa shape index (κ1) is 31.4. The number of nitrogens with zero attached hydrogens (tertiary/aromatic N) is 1. The molecule has 12 N–H and O–H groups in total. The maximum absolute atomic E-state index is 13.3. The standard InChI is InChI=1S/C26H35N7O7/c27-14-22(36)31-19(2-1-11-30-26(28)29)23(37)32-20(12-15-3-7-17(34)8-4-15)24(38)33-21(25(39)40)13-16-5-9-18(35)10-6-16/h3-10,19-21,34-35H,1-2,11-14,27H2,(H,31,36)(H,32,37)(H,33,38)(H,39,40)(H4,28,29,30)/t19-,20-,21-/m0/s1. The number of phenols is 2. The van der Waals surface area contributed by atoms with E-state index >= 15 is 0 Å². The zero-order valence-electron chi connectivity index (χ0n) is 21.7. The lowest BCUT2D eigenvalue weighted by Gasteiger charge is -2.25. The SMILES string of the molecule is NCC(=O)N[C@@H](CCCN=C(N)N)C(=O)N[C@@H](Cc1ccc(O)cc1)C(=O)N[C@@H](Cc1ccc(O)cc1)C(=O)O. The molecule has 0 aliphatic heterocycles. The Morgan fingerprint density at radius 3 is 1.70 bits per heavy atom. The van der Waals surface area contributed by atoms with Crippen LogP contribution in [0.5, 0.6) is 11.5 Å². The van der Waals surface area contributed by atoms with Gasteiger partial charge in [-0.15, -0.1) is 0 Å². The van der Waals surface area contributed by atoms with Crippen LogP contribution in [0.4, 0.5) is 0 Å². The molecule has 14 nitrogen and oxygen atoms in total. The molecule has 0 aromatic heterocycles. The summed E-state index contributed by atoms with van der Waals surface area (Å²) in [7, 11) is 0. The summed E-state index contributed by atoms with van der Waals surface area (Å²) in [5.74, 6) is -3.50. The average molecular weight is 558 g/mol. The van der Waals surface area contributed by atoms with Crippen LogP contribution in [0.2, 0.25) is 0 Å². The lowest BCUT2D eigenvalue weighted by Crippen LogP contribution is -2.57. The van der Waals surface area contributed by atoms with Crippen LogP contribution < -0.4 is 33.2 Å². The van der Waals surface area contributed by atoms with E-state index in [1.165, 1.54) is 36.4 Å². The molecule has 0 saturated carbocycles. The van der Waals surface area contributed by atoms with Gasteiger partial charge >= 0.3 is 5.97 Å². The molecular weight excluding hydrogens is 522 g/mol. The number of aliphatic imine (C=N–C) groups is 1. The fraction of sp³-hybridized carbons (Fsp3) is 0.346. The number of carbonyl (C=O) groups is 4. The topological polar surface area (TPSA) is 255 Å². The molecule has 3 atom stereocenters. The second kappa shape index (κ2) is 15.5. The molecule has 0 saturated heterocycles. The van der Waals surface area contributed by atoms with Crippen LogP contribution in [0.3, 0.4) is 0 Å². The van der Waals surface area contributed by atoms with Gasteiger partial charge in [0, 0.05) is 19.4 Å². The molecule has 14 heteroatoms. The van der Waals surface area contributed by atoms with E-state index in [0.29, 0.717) is 17.5 Å². The fourth-order valence-corrected chi connectivity index (χ4v) is 3.72. The minimum Gasteiger partial charge on any atom is -0.508 e. The van der Waals surface area contributed by atoms with E-state index in [9.17, 15) is 34.5 Å². The Morgan fingerprint density at radius 1 is 0.750 bits per heavy atom. The monoisotopic (exact) mass is 557 g/mol. The van der Waals surface area contributed by atoms with Crippen LogP contribution in [0.15, 0.2) is 53.5 Å². The molecule has 0 heterocycles. The van der Waals surface area contributed by atoms with Gasteiger partial charge in [-0.3, -0.25) is 19.4 Å². The number of carboxylic acids is 1. The number of carboxylic acid groups (broad SMARTS) is 1. The molecule has 40 heavy (non-hydrogen) atoms. The van der Waals surface area contributed by atoms with Gasteiger partial charge in [0.25, 0.3) is 0 Å². The highest BCUT2D eigenvalue weighted by Gasteiger charge is 2.30. The molecule has 2 aromatic carbocycles. The molecule has 3 amide bonds. The molecule has 216 valence electrons. The van der Waals surface area contributed by atoms with Gasteiger partial charge in [-0.25, -0.2) is 4.79 Å². The number of guanidine groups is 1. The molecule has 0 aliphatic rings. The van der Waals surface area contributed by atoms with Crippen molar-refractivity contribution in [1.82, 2.24) is 16.0 Å². The summed E-state index contributed by atoms with van der Waals surface area (Å²) in [6.45, 7) is -0.174. The van der Waals surface area contributed by atoms with Gasteiger partial charge in [0.2, 0.25) is 17.7 Å². The van der Waals surface area contributed by atoms with Gasteiger partial charge in [0.05, 0.1) is 6.54 Å². The van der Waals surface area contributed by atoms with E-state index in [1.807, 2.05) is 0 Å². The average Bonchev–Trinajstić information content (AvgIpc) is 2.91. The Labute approximate surface area is 230 Å². The highest BCUT2D eigenvalue weighted by molar-refractivity contribution is 5.93. The van der Waals surface area contributed by atoms with Crippen LogP contribution >= 0.6 is 0 Å². The number of nitrogens with one attached hydrogen (secondary N) is 3. The van der Waals surface area contributed by atoms with Crippen molar-refractivity contribution in [2.45, 2.75) is 43.8 Å². The summed E-state index contributed by atoms with van der Waals surface area (Å²) in [4.78, 5) is 54.3. The van der Waals surface area contributed by atoms with E-state index in [1.54, 1.807) is 12.1 Å². The number of phenolic OH excluding ortho intramolecular Hbond substituents is 2. The zero-order chi connectivity index (χ0) is 29.7. The van der Waals surface area contributed by atoms with Gasteiger partial charge in [-0.05, 0) is 48.2 Å². The largest absolute Gasteiger partial charge is 0.508 e. The Balaban J connectivity index is 2.25. The third-order valence-electron chi connectivity index (χ3n) is 5.78. The fourth-order valence-electron chi connectivity index (χ4n) is 3.72. The molecule has 0 unspecified atom stereocenters. The lowest BCUT2D eigenvalue weighted by molar-refractivity contribution is -0.142. The normalized spacial score (nSPS) is 12.8. The molecule has 2 aromatic rings. The Bertz CT molecular complexity index is 1180. The first-order valence-corrected chi connectivity index (χ1v) is 12.4. The van der Waals surface area contributed by atoms with E-state index < -0.39 is 41.8 Å². The molecule has 0 aliphatic carbocycles. The van der Waals surface area contributed by atoms with Crippen molar-refractivity contribution < 1.29 is 34.5 Å². The van der Waals surface area contributed by atoms with Gasteiger partial charge in [-0.1, -0.05) is 24.3 Å². The summed E-state index contributed by atoms with van der Waals surface area (Å²) in [5.41, 5.74) is 17.1.